The van der Waals surface area contributed by atoms with Crippen molar-refractivity contribution in [1.29, 1.82) is 0 Å². The van der Waals surface area contributed by atoms with Gasteiger partial charge in [-0.05, 0) is 50.5 Å². The Hall–Kier alpha value is -0.280. The highest BCUT2D eigenvalue weighted by atomic mass is 35.5. The second-order valence-electron chi connectivity index (χ2n) is 5.89. The summed E-state index contributed by atoms with van der Waals surface area (Å²) >= 11 is 0. The molecular formula is C14H27ClN2O. The van der Waals surface area contributed by atoms with Crippen molar-refractivity contribution in [3.05, 3.63) is 0 Å². The number of likely N-dealkylation sites (tertiary alicyclic amines) is 1. The number of carbonyl (C=O) groups is 1. The molecular weight excluding hydrogens is 248 g/mol. The predicted octanol–water partition coefficient (Wildman–Crippen LogP) is 2.43. The van der Waals surface area contributed by atoms with Gasteiger partial charge in [0, 0.05) is 19.0 Å². The van der Waals surface area contributed by atoms with Gasteiger partial charge in [0.1, 0.15) is 0 Å². The quantitative estimate of drug-likeness (QED) is 0.841. The van der Waals surface area contributed by atoms with Crippen LogP contribution in [0.5, 0.6) is 0 Å². The van der Waals surface area contributed by atoms with E-state index in [1.54, 1.807) is 0 Å². The molecule has 0 bridgehead atoms. The average Bonchev–Trinajstić information content (AvgIpc) is 2.70. The van der Waals surface area contributed by atoms with Gasteiger partial charge in [0.2, 0.25) is 5.91 Å². The Kier molecular flexibility index (Phi) is 6.44. The third kappa shape index (κ3) is 3.61. The molecule has 1 unspecified atom stereocenters. The zero-order valence-corrected chi connectivity index (χ0v) is 12.3. The van der Waals surface area contributed by atoms with Gasteiger partial charge in [-0.1, -0.05) is 13.3 Å². The van der Waals surface area contributed by atoms with Crippen LogP contribution in [-0.2, 0) is 4.79 Å². The highest BCUT2D eigenvalue weighted by Crippen LogP contribution is 2.33. The normalized spacial score (nSPS) is 32.8. The smallest absolute Gasteiger partial charge is 0.226 e. The molecule has 1 saturated carbocycles. The topological polar surface area (TPSA) is 46.3 Å². The Balaban J connectivity index is 0.00000162. The van der Waals surface area contributed by atoms with E-state index in [1.165, 1.54) is 25.7 Å². The minimum atomic E-state index is 0. The zero-order valence-electron chi connectivity index (χ0n) is 11.4. The van der Waals surface area contributed by atoms with Gasteiger partial charge in [-0.15, -0.1) is 12.4 Å². The Morgan fingerprint density at radius 2 is 1.94 bits per heavy atom. The summed E-state index contributed by atoms with van der Waals surface area (Å²) in [5, 5.41) is 0. The summed E-state index contributed by atoms with van der Waals surface area (Å²) in [5.41, 5.74) is 5.77. The molecule has 1 amide bonds. The van der Waals surface area contributed by atoms with E-state index >= 15 is 0 Å². The first-order valence-corrected chi connectivity index (χ1v) is 7.21. The Morgan fingerprint density at radius 1 is 1.17 bits per heavy atom. The first-order valence-electron chi connectivity index (χ1n) is 7.21. The number of nitrogens with zero attached hydrogens (tertiary/aromatic N) is 1. The fourth-order valence-electron chi connectivity index (χ4n) is 3.36. The van der Waals surface area contributed by atoms with Crippen molar-refractivity contribution in [2.24, 2.45) is 23.5 Å². The van der Waals surface area contributed by atoms with Crippen LogP contribution in [0.2, 0.25) is 0 Å². The van der Waals surface area contributed by atoms with Crippen LogP contribution in [-0.4, -0.2) is 30.4 Å². The predicted molar refractivity (Wildman–Crippen MR) is 76.7 cm³/mol. The van der Waals surface area contributed by atoms with Crippen molar-refractivity contribution in [1.82, 2.24) is 4.90 Å². The maximum Gasteiger partial charge on any atom is 0.226 e. The van der Waals surface area contributed by atoms with E-state index in [4.69, 9.17) is 5.73 Å². The Bertz CT molecular complexity index is 273. The average molecular weight is 275 g/mol. The van der Waals surface area contributed by atoms with Gasteiger partial charge >= 0.3 is 0 Å². The van der Waals surface area contributed by atoms with E-state index in [9.17, 15) is 4.79 Å². The highest BCUT2D eigenvalue weighted by Gasteiger charge is 2.34. The summed E-state index contributed by atoms with van der Waals surface area (Å²) in [6.07, 6.45) is 7.01. The van der Waals surface area contributed by atoms with Crippen molar-refractivity contribution in [3.8, 4) is 0 Å². The number of hydrogen-bond acceptors (Lipinski definition) is 2. The molecule has 4 heteroatoms. The van der Waals surface area contributed by atoms with Crippen LogP contribution in [0.3, 0.4) is 0 Å². The van der Waals surface area contributed by atoms with Crippen LogP contribution < -0.4 is 5.73 Å². The Labute approximate surface area is 117 Å². The van der Waals surface area contributed by atoms with Crippen LogP contribution in [0, 0.1) is 17.8 Å². The first kappa shape index (κ1) is 15.8. The molecule has 0 spiro atoms. The van der Waals surface area contributed by atoms with Crippen LogP contribution in [0.15, 0.2) is 0 Å². The number of hydrogen-bond donors (Lipinski definition) is 1. The van der Waals surface area contributed by atoms with E-state index in [-0.39, 0.29) is 18.3 Å². The number of halogens is 1. The zero-order chi connectivity index (χ0) is 12.3. The SMILES string of the molecule is CC1CCCN(C(=O)[C@@H]2CCC[C@@H]2CN)CC1.Cl. The van der Waals surface area contributed by atoms with Crippen molar-refractivity contribution in [2.75, 3.05) is 19.6 Å². The fraction of sp³-hybridized carbons (Fsp3) is 0.929. The third-order valence-corrected chi connectivity index (χ3v) is 4.61. The van der Waals surface area contributed by atoms with Crippen molar-refractivity contribution in [3.63, 3.8) is 0 Å². The van der Waals surface area contributed by atoms with E-state index in [0.29, 0.717) is 18.4 Å². The third-order valence-electron chi connectivity index (χ3n) is 4.61. The van der Waals surface area contributed by atoms with Gasteiger partial charge in [0.25, 0.3) is 0 Å². The minimum Gasteiger partial charge on any atom is -0.342 e. The van der Waals surface area contributed by atoms with E-state index in [0.717, 1.165) is 31.8 Å². The lowest BCUT2D eigenvalue weighted by molar-refractivity contribution is -0.136. The summed E-state index contributed by atoms with van der Waals surface area (Å²) in [7, 11) is 0. The van der Waals surface area contributed by atoms with Gasteiger partial charge in [0.05, 0.1) is 0 Å². The second kappa shape index (κ2) is 7.34. The molecule has 0 aromatic heterocycles. The molecule has 2 N–H and O–H groups in total. The lowest BCUT2D eigenvalue weighted by Crippen LogP contribution is -2.39. The highest BCUT2D eigenvalue weighted by molar-refractivity contribution is 5.85. The summed E-state index contributed by atoms with van der Waals surface area (Å²) in [5.74, 6) is 1.85. The molecule has 2 fully saturated rings. The first-order chi connectivity index (χ1) is 8.22. The van der Waals surface area contributed by atoms with Crippen molar-refractivity contribution < 1.29 is 4.79 Å². The van der Waals surface area contributed by atoms with E-state index < -0.39 is 0 Å². The molecule has 3 nitrogen and oxygen atoms in total. The van der Waals surface area contributed by atoms with Gasteiger partial charge in [-0.25, -0.2) is 0 Å². The Morgan fingerprint density at radius 3 is 2.67 bits per heavy atom. The number of nitrogens with two attached hydrogens (primary N) is 1. The lowest BCUT2D eigenvalue weighted by atomic mass is 9.94. The van der Waals surface area contributed by atoms with Gasteiger partial charge in [-0.3, -0.25) is 4.79 Å². The van der Waals surface area contributed by atoms with Gasteiger partial charge in [0.15, 0.2) is 0 Å². The molecule has 3 atom stereocenters. The summed E-state index contributed by atoms with van der Waals surface area (Å²) in [6.45, 7) is 4.91. The van der Waals surface area contributed by atoms with Crippen LogP contribution in [0.25, 0.3) is 0 Å². The number of rotatable bonds is 2. The lowest BCUT2D eigenvalue weighted by Gasteiger charge is -2.26. The molecule has 0 aromatic carbocycles. The largest absolute Gasteiger partial charge is 0.342 e. The number of carbonyl (C=O) groups excluding carboxylic acids is 1. The molecule has 1 aliphatic heterocycles. The van der Waals surface area contributed by atoms with Crippen LogP contribution in [0.4, 0.5) is 0 Å². The molecule has 1 saturated heterocycles. The molecule has 0 radical (unpaired) electrons. The van der Waals surface area contributed by atoms with Gasteiger partial charge < -0.3 is 10.6 Å². The summed E-state index contributed by atoms with van der Waals surface area (Å²) in [6, 6.07) is 0. The second-order valence-corrected chi connectivity index (χ2v) is 5.89. The van der Waals surface area contributed by atoms with Crippen LogP contribution >= 0.6 is 12.4 Å². The molecule has 106 valence electrons. The summed E-state index contributed by atoms with van der Waals surface area (Å²) in [4.78, 5) is 14.6. The molecule has 2 aliphatic rings. The minimum absolute atomic E-state index is 0. The fourth-order valence-corrected chi connectivity index (χ4v) is 3.36. The van der Waals surface area contributed by atoms with E-state index in [2.05, 4.69) is 11.8 Å². The molecule has 1 heterocycles. The monoisotopic (exact) mass is 274 g/mol. The summed E-state index contributed by atoms with van der Waals surface area (Å²) < 4.78 is 0. The maximum absolute atomic E-state index is 12.5. The maximum atomic E-state index is 12.5. The standard InChI is InChI=1S/C14H26N2O.ClH/c1-11-4-3-8-16(9-7-11)14(17)13-6-2-5-12(13)10-15;/h11-13H,2-10,15H2,1H3;1H/t11?,12-,13-;/m1./s1. The van der Waals surface area contributed by atoms with Crippen LogP contribution in [0.1, 0.15) is 45.4 Å². The number of amides is 1. The molecule has 0 aromatic rings. The van der Waals surface area contributed by atoms with E-state index in [1.807, 2.05) is 0 Å². The molecule has 1 aliphatic carbocycles. The molecule has 2 rings (SSSR count). The van der Waals surface area contributed by atoms with Crippen molar-refractivity contribution in [2.45, 2.75) is 45.4 Å². The molecule has 18 heavy (non-hydrogen) atoms. The van der Waals surface area contributed by atoms with Crippen molar-refractivity contribution >= 4 is 18.3 Å². The van der Waals surface area contributed by atoms with Gasteiger partial charge in [-0.2, -0.15) is 0 Å².